The zero-order valence-corrected chi connectivity index (χ0v) is 13.2. The summed E-state index contributed by atoms with van der Waals surface area (Å²) in [4.78, 5) is 9.53. The Kier molecular flexibility index (Phi) is 5.03. The van der Waals surface area contributed by atoms with E-state index in [0.29, 0.717) is 0 Å². The Morgan fingerprint density at radius 3 is 2.43 bits per heavy atom. The molecule has 1 aromatic carbocycles. The molecule has 122 valence electrons. The number of rotatable bonds is 4. The molecule has 0 fully saturated rings. The smallest absolute Gasteiger partial charge is 0.353 e. The summed E-state index contributed by atoms with van der Waals surface area (Å²) in [5.41, 5.74) is 0.231. The molecule has 3 nitrogen and oxygen atoms in total. The third kappa shape index (κ3) is 3.88. The number of anilines is 1. The van der Waals surface area contributed by atoms with Crippen molar-refractivity contribution in [3.8, 4) is 0 Å². The fourth-order valence-electron chi connectivity index (χ4n) is 2.29. The summed E-state index contributed by atoms with van der Waals surface area (Å²) >= 11 is 0. The van der Waals surface area contributed by atoms with Gasteiger partial charge in [-0.1, -0.05) is 30.3 Å². The van der Waals surface area contributed by atoms with Gasteiger partial charge in [0.05, 0.1) is 11.6 Å². The molecule has 0 aliphatic carbocycles. The highest BCUT2D eigenvalue weighted by molar-refractivity contribution is 5.82. The third-order valence-electron chi connectivity index (χ3n) is 3.72. The lowest BCUT2D eigenvalue weighted by Crippen LogP contribution is -2.23. The second kappa shape index (κ2) is 6.81. The number of aliphatic imine (C=N–C) groups is 1. The molecule has 2 rings (SSSR count). The van der Waals surface area contributed by atoms with E-state index in [0.717, 1.165) is 11.6 Å². The molecule has 23 heavy (non-hydrogen) atoms. The van der Waals surface area contributed by atoms with E-state index in [2.05, 4.69) is 9.98 Å². The highest BCUT2D eigenvalue weighted by Crippen LogP contribution is 2.34. The fourth-order valence-corrected chi connectivity index (χ4v) is 2.29. The van der Waals surface area contributed by atoms with Gasteiger partial charge in [0, 0.05) is 32.1 Å². The van der Waals surface area contributed by atoms with E-state index in [1.165, 1.54) is 19.5 Å². The predicted molar refractivity (Wildman–Crippen MR) is 86.0 cm³/mol. The van der Waals surface area contributed by atoms with Crippen LogP contribution < -0.4 is 4.90 Å². The number of alkyl halides is 3. The van der Waals surface area contributed by atoms with Crippen molar-refractivity contribution in [2.75, 3.05) is 19.0 Å². The molecule has 1 atom stereocenters. The lowest BCUT2D eigenvalue weighted by atomic mass is 10.1. The maximum absolute atomic E-state index is 13.2. The molecule has 0 spiro atoms. The van der Waals surface area contributed by atoms with Crippen LogP contribution in [0.3, 0.4) is 0 Å². The molecule has 0 radical (unpaired) electrons. The van der Waals surface area contributed by atoms with E-state index < -0.39 is 11.7 Å². The first kappa shape index (κ1) is 17.0. The fraction of sp³-hybridized carbons (Fsp3) is 0.294. The van der Waals surface area contributed by atoms with Gasteiger partial charge in [-0.3, -0.25) is 4.99 Å². The van der Waals surface area contributed by atoms with Crippen molar-refractivity contribution in [1.29, 1.82) is 0 Å². The molecule has 0 bridgehead atoms. The van der Waals surface area contributed by atoms with Gasteiger partial charge in [-0.25, -0.2) is 4.98 Å². The molecule has 1 heterocycles. The minimum absolute atomic E-state index is 0.0375. The van der Waals surface area contributed by atoms with Crippen LogP contribution in [-0.2, 0) is 6.18 Å². The largest absolute Gasteiger partial charge is 0.417 e. The lowest BCUT2D eigenvalue weighted by molar-refractivity contribution is -0.137. The second-order valence-corrected chi connectivity index (χ2v) is 5.21. The van der Waals surface area contributed by atoms with E-state index in [1.807, 2.05) is 37.3 Å². The Morgan fingerprint density at radius 1 is 1.22 bits per heavy atom. The maximum atomic E-state index is 13.2. The summed E-state index contributed by atoms with van der Waals surface area (Å²) in [5, 5.41) is 0. The average molecular weight is 321 g/mol. The van der Waals surface area contributed by atoms with E-state index in [9.17, 15) is 13.2 Å². The van der Waals surface area contributed by atoms with Crippen LogP contribution in [0.5, 0.6) is 0 Å². The molecule has 0 aliphatic heterocycles. The standard InChI is InChI=1S/C17H18F3N3/c1-12(13-7-5-4-6-8-13)23(3)16-9-15(17(18,19)20)14(10-21-2)11-22-16/h4-12H,1-3H3. The van der Waals surface area contributed by atoms with Crippen molar-refractivity contribution >= 4 is 12.0 Å². The topological polar surface area (TPSA) is 28.5 Å². The molecule has 1 unspecified atom stereocenters. The highest BCUT2D eigenvalue weighted by atomic mass is 19.4. The monoisotopic (exact) mass is 321 g/mol. The number of pyridine rings is 1. The summed E-state index contributed by atoms with van der Waals surface area (Å²) in [6.45, 7) is 1.92. The molecule has 0 aliphatic rings. The Hall–Kier alpha value is -2.37. The van der Waals surface area contributed by atoms with Gasteiger partial charge in [0.15, 0.2) is 0 Å². The first-order chi connectivity index (χ1) is 10.8. The van der Waals surface area contributed by atoms with Crippen LogP contribution in [0.15, 0.2) is 47.6 Å². The molecule has 0 N–H and O–H groups in total. The van der Waals surface area contributed by atoms with E-state index in [4.69, 9.17) is 0 Å². The Morgan fingerprint density at radius 2 is 1.87 bits per heavy atom. The van der Waals surface area contributed by atoms with Gasteiger partial charge in [-0.15, -0.1) is 0 Å². The van der Waals surface area contributed by atoms with Crippen molar-refractivity contribution in [3.05, 3.63) is 59.3 Å². The molecule has 0 saturated heterocycles. The van der Waals surface area contributed by atoms with Crippen LogP contribution in [0.2, 0.25) is 0 Å². The van der Waals surface area contributed by atoms with Crippen LogP contribution in [0.4, 0.5) is 19.0 Å². The number of aromatic nitrogens is 1. The lowest BCUT2D eigenvalue weighted by Gasteiger charge is -2.27. The Labute approximate surface area is 133 Å². The molecule has 0 saturated carbocycles. The van der Waals surface area contributed by atoms with Crippen molar-refractivity contribution in [2.24, 2.45) is 4.99 Å². The van der Waals surface area contributed by atoms with Gasteiger partial charge in [0.25, 0.3) is 0 Å². The summed E-state index contributed by atoms with van der Waals surface area (Å²) in [7, 11) is 3.16. The van der Waals surface area contributed by atoms with Crippen molar-refractivity contribution in [1.82, 2.24) is 4.98 Å². The molecular formula is C17H18F3N3. The number of halogens is 3. The van der Waals surface area contributed by atoms with Gasteiger partial charge in [-0.05, 0) is 18.6 Å². The SMILES string of the molecule is CN=Cc1cnc(N(C)C(C)c2ccccc2)cc1C(F)(F)F. The zero-order chi connectivity index (χ0) is 17.0. The molecule has 2 aromatic rings. The van der Waals surface area contributed by atoms with Gasteiger partial charge in [0.1, 0.15) is 5.82 Å². The zero-order valence-electron chi connectivity index (χ0n) is 13.2. The van der Waals surface area contributed by atoms with E-state index in [1.54, 1.807) is 11.9 Å². The maximum Gasteiger partial charge on any atom is 0.417 e. The van der Waals surface area contributed by atoms with Crippen LogP contribution in [-0.4, -0.2) is 25.3 Å². The van der Waals surface area contributed by atoms with Crippen LogP contribution in [0.1, 0.15) is 29.7 Å². The Bertz CT molecular complexity index is 681. The van der Waals surface area contributed by atoms with E-state index in [-0.39, 0.29) is 17.4 Å². The number of nitrogens with zero attached hydrogens (tertiary/aromatic N) is 3. The number of hydrogen-bond donors (Lipinski definition) is 0. The first-order valence-corrected chi connectivity index (χ1v) is 7.11. The minimum Gasteiger partial charge on any atom is -0.353 e. The third-order valence-corrected chi connectivity index (χ3v) is 3.72. The molecule has 0 amide bonds. The Balaban J connectivity index is 2.40. The van der Waals surface area contributed by atoms with Crippen molar-refractivity contribution < 1.29 is 13.2 Å². The average Bonchev–Trinajstić information content (AvgIpc) is 2.54. The minimum atomic E-state index is -4.45. The highest BCUT2D eigenvalue weighted by Gasteiger charge is 2.34. The number of benzene rings is 1. The van der Waals surface area contributed by atoms with Crippen molar-refractivity contribution in [2.45, 2.75) is 19.1 Å². The quantitative estimate of drug-likeness (QED) is 0.783. The normalized spacial score (nSPS) is 13.3. The summed E-state index contributed by atoms with van der Waals surface area (Å²) in [5.74, 6) is 0.266. The van der Waals surface area contributed by atoms with Crippen LogP contribution in [0.25, 0.3) is 0 Å². The first-order valence-electron chi connectivity index (χ1n) is 7.11. The number of hydrogen-bond acceptors (Lipinski definition) is 3. The summed E-state index contributed by atoms with van der Waals surface area (Å²) < 4.78 is 39.7. The molecule has 6 heteroatoms. The van der Waals surface area contributed by atoms with Crippen LogP contribution in [0, 0.1) is 0 Å². The van der Waals surface area contributed by atoms with Gasteiger partial charge in [-0.2, -0.15) is 13.2 Å². The van der Waals surface area contributed by atoms with E-state index >= 15 is 0 Å². The predicted octanol–water partition coefficient (Wildman–Crippen LogP) is 4.35. The molecular weight excluding hydrogens is 303 g/mol. The van der Waals surface area contributed by atoms with Crippen molar-refractivity contribution in [3.63, 3.8) is 0 Å². The van der Waals surface area contributed by atoms with Gasteiger partial charge in [0.2, 0.25) is 0 Å². The molecule has 1 aromatic heterocycles. The van der Waals surface area contributed by atoms with Gasteiger partial charge >= 0.3 is 6.18 Å². The van der Waals surface area contributed by atoms with Crippen LogP contribution >= 0.6 is 0 Å². The summed E-state index contributed by atoms with van der Waals surface area (Å²) in [6.07, 6.45) is -2.08. The second-order valence-electron chi connectivity index (χ2n) is 5.21. The summed E-state index contributed by atoms with van der Waals surface area (Å²) in [6, 6.07) is 10.5. The van der Waals surface area contributed by atoms with Gasteiger partial charge < -0.3 is 4.90 Å².